The van der Waals surface area contributed by atoms with Gasteiger partial charge in [-0.15, -0.1) is 0 Å². The molecule has 3 aliphatic rings. The zero-order valence-electron chi connectivity index (χ0n) is 19.9. The molecule has 4 heteroatoms. The maximum absolute atomic E-state index is 11.0. The van der Waals surface area contributed by atoms with Crippen molar-refractivity contribution in [2.24, 2.45) is 0 Å². The van der Waals surface area contributed by atoms with E-state index in [1.807, 2.05) is 0 Å². The molecule has 0 bridgehead atoms. The Morgan fingerprint density at radius 1 is 0.750 bits per heavy atom. The van der Waals surface area contributed by atoms with Crippen LogP contribution in [0.2, 0.25) is 0 Å². The molecule has 0 radical (unpaired) electrons. The number of benzene rings is 2. The van der Waals surface area contributed by atoms with Crippen LogP contribution in [0, 0.1) is 20.8 Å². The third-order valence-corrected chi connectivity index (χ3v) is 8.76. The summed E-state index contributed by atoms with van der Waals surface area (Å²) in [5, 5.41) is 0. The van der Waals surface area contributed by atoms with Crippen LogP contribution in [-0.2, 0) is 6.42 Å². The molecule has 32 heavy (non-hydrogen) atoms. The molecule has 5 rings (SSSR count). The lowest BCUT2D eigenvalue weighted by molar-refractivity contribution is 0.360. The third kappa shape index (κ3) is 4.31. The topological polar surface area (TPSA) is 38.7 Å². The molecule has 2 saturated carbocycles. The summed E-state index contributed by atoms with van der Waals surface area (Å²) < 4.78 is 12.5. The summed E-state index contributed by atoms with van der Waals surface area (Å²) >= 11 is 0. The van der Waals surface area contributed by atoms with E-state index in [9.17, 15) is 4.89 Å². The number of hydrogen-bond acceptors (Lipinski definition) is 3. The van der Waals surface area contributed by atoms with E-state index in [0.717, 1.165) is 17.9 Å². The van der Waals surface area contributed by atoms with Crippen LogP contribution in [0.5, 0.6) is 11.5 Å². The van der Waals surface area contributed by atoms with Crippen LogP contribution >= 0.6 is 8.60 Å². The van der Waals surface area contributed by atoms with Gasteiger partial charge >= 0.3 is 8.60 Å². The largest absolute Gasteiger partial charge is 0.460 e. The highest BCUT2D eigenvalue weighted by atomic mass is 31.2. The summed E-state index contributed by atoms with van der Waals surface area (Å²) in [7, 11) is -2.01. The van der Waals surface area contributed by atoms with Gasteiger partial charge in [0.25, 0.3) is 0 Å². The molecular formula is C28H37O3P. The van der Waals surface area contributed by atoms with Gasteiger partial charge in [-0.2, -0.15) is 0 Å². The van der Waals surface area contributed by atoms with E-state index in [0.29, 0.717) is 11.8 Å². The zero-order valence-corrected chi connectivity index (χ0v) is 20.8. The summed E-state index contributed by atoms with van der Waals surface area (Å²) in [6, 6.07) is 6.87. The van der Waals surface area contributed by atoms with Gasteiger partial charge in [-0.25, -0.2) is 0 Å². The fourth-order valence-electron chi connectivity index (χ4n) is 6.23. The first-order valence-corrected chi connectivity index (χ1v) is 13.8. The smallest absolute Gasteiger partial charge is 0.417 e. The third-order valence-electron chi connectivity index (χ3n) is 8.09. The Kier molecular flexibility index (Phi) is 6.50. The van der Waals surface area contributed by atoms with Gasteiger partial charge in [0.2, 0.25) is 0 Å². The predicted molar refractivity (Wildman–Crippen MR) is 132 cm³/mol. The second-order valence-corrected chi connectivity index (χ2v) is 11.2. The second kappa shape index (κ2) is 9.35. The van der Waals surface area contributed by atoms with E-state index in [1.54, 1.807) is 0 Å². The normalized spacial score (nSPS) is 22.2. The highest BCUT2D eigenvalue weighted by Crippen LogP contribution is 2.51. The SMILES string of the molecule is Cc1cc2c(c(C3CCCCC3)c1)OP(O)Oc1c(C3CCCCC3)cc(C)c(C)c1C2. The molecule has 0 spiro atoms. The van der Waals surface area contributed by atoms with E-state index >= 15 is 0 Å². The van der Waals surface area contributed by atoms with Gasteiger partial charge < -0.3 is 13.9 Å². The highest BCUT2D eigenvalue weighted by molar-refractivity contribution is 7.41. The summed E-state index contributed by atoms with van der Waals surface area (Å²) in [6.45, 7) is 6.63. The average molecular weight is 453 g/mol. The van der Waals surface area contributed by atoms with Crippen molar-refractivity contribution in [1.82, 2.24) is 0 Å². The van der Waals surface area contributed by atoms with Crippen molar-refractivity contribution in [1.29, 1.82) is 0 Å². The Labute approximate surface area is 194 Å². The van der Waals surface area contributed by atoms with Crippen LogP contribution in [0.15, 0.2) is 18.2 Å². The monoisotopic (exact) mass is 452 g/mol. The van der Waals surface area contributed by atoms with Gasteiger partial charge in [0.15, 0.2) is 0 Å². The maximum atomic E-state index is 11.0. The van der Waals surface area contributed by atoms with Crippen molar-refractivity contribution in [2.45, 2.75) is 103 Å². The van der Waals surface area contributed by atoms with Crippen molar-refractivity contribution in [2.75, 3.05) is 0 Å². The highest BCUT2D eigenvalue weighted by Gasteiger charge is 2.31. The van der Waals surface area contributed by atoms with E-state index in [-0.39, 0.29) is 0 Å². The van der Waals surface area contributed by atoms with Gasteiger partial charge in [-0.05, 0) is 86.1 Å². The molecule has 172 valence electrons. The van der Waals surface area contributed by atoms with E-state index in [2.05, 4.69) is 39.0 Å². The predicted octanol–water partition coefficient (Wildman–Crippen LogP) is 8.29. The standard InChI is InChI=1S/C28H37O3P/c1-18-14-23-17-24-20(3)19(2)16-26(22-12-8-5-9-13-22)28(24)31-32(29)30-27(23)25(15-18)21-10-6-4-7-11-21/h14-16,21-22,29H,4-13,17H2,1-3H3. The molecule has 1 atom stereocenters. The summed E-state index contributed by atoms with van der Waals surface area (Å²) in [5.74, 6) is 2.84. The molecule has 1 N–H and O–H groups in total. The quantitative estimate of drug-likeness (QED) is 0.466. The molecule has 2 aliphatic carbocycles. The molecule has 2 fully saturated rings. The number of hydrogen-bond donors (Lipinski definition) is 1. The Bertz CT molecular complexity index is 987. The Morgan fingerprint density at radius 3 is 1.94 bits per heavy atom. The van der Waals surface area contributed by atoms with Gasteiger partial charge in [0.05, 0.1) is 0 Å². The fraction of sp³-hybridized carbons (Fsp3) is 0.571. The van der Waals surface area contributed by atoms with E-state index in [4.69, 9.17) is 9.05 Å². The van der Waals surface area contributed by atoms with Crippen LogP contribution < -0.4 is 9.05 Å². The molecule has 0 aromatic heterocycles. The lowest BCUT2D eigenvalue weighted by Crippen LogP contribution is -2.14. The maximum Gasteiger partial charge on any atom is 0.460 e. The minimum absolute atomic E-state index is 0.523. The molecule has 0 saturated heterocycles. The minimum Gasteiger partial charge on any atom is -0.417 e. The fourth-order valence-corrected chi connectivity index (χ4v) is 7.02. The van der Waals surface area contributed by atoms with Crippen molar-refractivity contribution in [3.63, 3.8) is 0 Å². The van der Waals surface area contributed by atoms with Crippen molar-refractivity contribution >= 4 is 8.60 Å². The molecule has 1 aliphatic heterocycles. The molecule has 3 nitrogen and oxygen atoms in total. The van der Waals surface area contributed by atoms with Gasteiger partial charge in [-0.3, -0.25) is 0 Å². The van der Waals surface area contributed by atoms with Crippen molar-refractivity contribution in [3.05, 3.63) is 57.1 Å². The summed E-state index contributed by atoms with van der Waals surface area (Å²) in [6.07, 6.45) is 13.4. The molecule has 1 unspecified atom stereocenters. The lowest BCUT2D eigenvalue weighted by atomic mass is 9.80. The first kappa shape index (κ1) is 22.2. The minimum atomic E-state index is -2.01. The van der Waals surface area contributed by atoms with Crippen LogP contribution in [0.1, 0.15) is 115 Å². The molecule has 2 aromatic carbocycles. The Balaban J connectivity index is 1.63. The number of rotatable bonds is 2. The molecular weight excluding hydrogens is 415 g/mol. The summed E-state index contributed by atoms with van der Waals surface area (Å²) in [5.41, 5.74) is 8.94. The van der Waals surface area contributed by atoms with Crippen molar-refractivity contribution < 1.29 is 13.9 Å². The first-order chi connectivity index (χ1) is 15.5. The average Bonchev–Trinajstić information content (AvgIpc) is 2.80. The van der Waals surface area contributed by atoms with Crippen LogP contribution in [-0.4, -0.2) is 4.89 Å². The summed E-state index contributed by atoms with van der Waals surface area (Å²) in [4.78, 5) is 11.0. The molecule has 1 heterocycles. The van der Waals surface area contributed by atoms with E-state index in [1.165, 1.54) is 103 Å². The lowest BCUT2D eigenvalue weighted by Gasteiger charge is -2.31. The van der Waals surface area contributed by atoms with Crippen molar-refractivity contribution in [3.8, 4) is 11.5 Å². The second-order valence-electron chi connectivity index (χ2n) is 10.3. The van der Waals surface area contributed by atoms with Crippen LogP contribution in [0.4, 0.5) is 0 Å². The first-order valence-electron chi connectivity index (χ1n) is 12.6. The van der Waals surface area contributed by atoms with Gasteiger partial charge in [-0.1, -0.05) is 62.3 Å². The molecule has 2 aromatic rings. The van der Waals surface area contributed by atoms with E-state index < -0.39 is 8.60 Å². The van der Waals surface area contributed by atoms with Crippen LogP contribution in [0.25, 0.3) is 0 Å². The Morgan fingerprint density at radius 2 is 1.31 bits per heavy atom. The number of fused-ring (bicyclic) bond motifs is 2. The van der Waals surface area contributed by atoms with Crippen LogP contribution in [0.3, 0.4) is 0 Å². The number of aryl methyl sites for hydroxylation is 2. The van der Waals surface area contributed by atoms with Gasteiger partial charge in [0, 0.05) is 12.0 Å². The zero-order chi connectivity index (χ0) is 22.2. The van der Waals surface area contributed by atoms with Gasteiger partial charge in [0.1, 0.15) is 11.5 Å². The Hall–Kier alpha value is -1.57. The molecule has 0 amide bonds.